The molecule has 0 radical (unpaired) electrons. The average Bonchev–Trinajstić information content (AvgIpc) is 3.01. The Hall–Kier alpha value is -2.11. The van der Waals surface area contributed by atoms with Crippen LogP contribution >= 0.6 is 23.4 Å². The van der Waals surface area contributed by atoms with Crippen molar-refractivity contribution in [3.8, 4) is 0 Å². The largest absolute Gasteiger partial charge is 0.212 e. The summed E-state index contributed by atoms with van der Waals surface area (Å²) in [5.41, 5.74) is 2.21. The molecule has 0 aliphatic carbocycles. The number of halogens is 1. The molecule has 0 saturated heterocycles. The molecule has 4 nitrogen and oxygen atoms in total. The van der Waals surface area contributed by atoms with Gasteiger partial charge in [0, 0.05) is 10.8 Å². The molecule has 1 heterocycles. The molecule has 0 fully saturated rings. The van der Waals surface area contributed by atoms with Crippen molar-refractivity contribution in [1.29, 1.82) is 0 Å². The standard InChI is InChI=1S/C16H13ClN4S/c17-15-8-6-13(7-9-15)10-19-21-12-18-20-16(21)22-11-14-4-2-1-3-5-14/h1-10,12H,11H2/b19-10-. The second-order valence-corrected chi connectivity index (χ2v) is 5.91. The molecule has 3 rings (SSSR count). The Bertz CT molecular complexity index is 753. The first-order valence-corrected chi connectivity index (χ1v) is 8.04. The van der Waals surface area contributed by atoms with Crippen molar-refractivity contribution >= 4 is 29.6 Å². The van der Waals surface area contributed by atoms with Crippen LogP contribution in [0.4, 0.5) is 0 Å². The van der Waals surface area contributed by atoms with Crippen LogP contribution in [0.15, 0.2) is 71.2 Å². The van der Waals surface area contributed by atoms with Gasteiger partial charge in [-0.25, -0.2) is 0 Å². The predicted octanol–water partition coefficient (Wildman–Crippen LogP) is 4.11. The zero-order valence-electron chi connectivity index (χ0n) is 11.6. The summed E-state index contributed by atoms with van der Waals surface area (Å²) < 4.78 is 1.67. The van der Waals surface area contributed by atoms with E-state index in [-0.39, 0.29) is 0 Å². The molecule has 0 aliphatic heterocycles. The van der Waals surface area contributed by atoms with Gasteiger partial charge in [0.25, 0.3) is 0 Å². The van der Waals surface area contributed by atoms with Crippen LogP contribution in [0.1, 0.15) is 11.1 Å². The van der Waals surface area contributed by atoms with Crippen LogP contribution in [0.25, 0.3) is 0 Å². The lowest BCUT2D eigenvalue weighted by Crippen LogP contribution is -1.92. The third-order valence-corrected chi connectivity index (χ3v) is 4.17. The van der Waals surface area contributed by atoms with Gasteiger partial charge in [-0.2, -0.15) is 9.78 Å². The maximum Gasteiger partial charge on any atom is 0.212 e. The summed E-state index contributed by atoms with van der Waals surface area (Å²) in [5.74, 6) is 0.829. The van der Waals surface area contributed by atoms with Crippen LogP contribution in [-0.2, 0) is 5.75 Å². The van der Waals surface area contributed by atoms with Crippen LogP contribution in [0, 0.1) is 0 Å². The number of nitrogens with zero attached hydrogens (tertiary/aromatic N) is 4. The van der Waals surface area contributed by atoms with E-state index in [0.29, 0.717) is 5.02 Å². The summed E-state index contributed by atoms with van der Waals surface area (Å²) in [6.07, 6.45) is 3.35. The van der Waals surface area contributed by atoms with Crippen molar-refractivity contribution in [1.82, 2.24) is 14.9 Å². The monoisotopic (exact) mass is 328 g/mol. The molecular weight excluding hydrogens is 316 g/mol. The van der Waals surface area contributed by atoms with Crippen LogP contribution in [0.3, 0.4) is 0 Å². The molecule has 0 spiro atoms. The van der Waals surface area contributed by atoms with Crippen molar-refractivity contribution in [2.75, 3.05) is 0 Å². The topological polar surface area (TPSA) is 43.1 Å². The highest BCUT2D eigenvalue weighted by Crippen LogP contribution is 2.20. The van der Waals surface area contributed by atoms with Gasteiger partial charge in [-0.1, -0.05) is 65.8 Å². The van der Waals surface area contributed by atoms with Crippen LogP contribution in [0.5, 0.6) is 0 Å². The molecule has 0 atom stereocenters. The second kappa shape index (κ2) is 7.24. The highest BCUT2D eigenvalue weighted by atomic mass is 35.5. The van der Waals surface area contributed by atoms with E-state index in [4.69, 9.17) is 11.6 Å². The number of hydrogen-bond acceptors (Lipinski definition) is 4. The maximum absolute atomic E-state index is 5.86. The lowest BCUT2D eigenvalue weighted by Gasteiger charge is -2.01. The Morgan fingerprint density at radius 2 is 1.86 bits per heavy atom. The van der Waals surface area contributed by atoms with Gasteiger partial charge in [0.15, 0.2) is 0 Å². The number of hydrogen-bond donors (Lipinski definition) is 0. The van der Waals surface area contributed by atoms with Crippen molar-refractivity contribution in [2.24, 2.45) is 5.10 Å². The van der Waals surface area contributed by atoms with Gasteiger partial charge in [-0.15, -0.1) is 10.2 Å². The molecule has 6 heteroatoms. The van der Waals surface area contributed by atoms with Gasteiger partial charge in [0.2, 0.25) is 5.16 Å². The molecule has 0 saturated carbocycles. The molecule has 22 heavy (non-hydrogen) atoms. The molecule has 0 amide bonds. The highest BCUT2D eigenvalue weighted by molar-refractivity contribution is 7.98. The molecule has 3 aromatic rings. The summed E-state index contributed by atoms with van der Waals surface area (Å²) in [7, 11) is 0. The second-order valence-electron chi connectivity index (χ2n) is 4.53. The average molecular weight is 329 g/mol. The molecule has 1 aromatic heterocycles. The summed E-state index contributed by atoms with van der Waals surface area (Å²) in [6, 6.07) is 17.7. The van der Waals surface area contributed by atoms with E-state index in [1.54, 1.807) is 29.0 Å². The molecule has 110 valence electrons. The van der Waals surface area contributed by atoms with Crippen molar-refractivity contribution in [2.45, 2.75) is 10.9 Å². The Labute approximate surface area is 137 Å². The molecule has 0 bridgehead atoms. The van der Waals surface area contributed by atoms with E-state index >= 15 is 0 Å². The van der Waals surface area contributed by atoms with Gasteiger partial charge in [0.05, 0.1) is 6.21 Å². The van der Waals surface area contributed by atoms with Gasteiger partial charge in [-0.05, 0) is 23.3 Å². The van der Waals surface area contributed by atoms with Crippen molar-refractivity contribution in [3.63, 3.8) is 0 Å². The summed E-state index contributed by atoms with van der Waals surface area (Å²) >= 11 is 7.46. The Morgan fingerprint density at radius 1 is 1.09 bits per heavy atom. The van der Waals surface area contributed by atoms with E-state index in [1.165, 1.54) is 5.56 Å². The zero-order chi connectivity index (χ0) is 15.2. The first kappa shape index (κ1) is 14.8. The highest BCUT2D eigenvalue weighted by Gasteiger charge is 2.04. The smallest absolute Gasteiger partial charge is 0.195 e. The van der Waals surface area contributed by atoms with E-state index in [9.17, 15) is 0 Å². The minimum atomic E-state index is 0.709. The lowest BCUT2D eigenvalue weighted by atomic mass is 10.2. The van der Waals surface area contributed by atoms with Gasteiger partial charge in [-0.3, -0.25) is 0 Å². The lowest BCUT2D eigenvalue weighted by molar-refractivity contribution is 0.767. The van der Waals surface area contributed by atoms with E-state index in [2.05, 4.69) is 27.4 Å². The summed E-state index contributed by atoms with van der Waals surface area (Å²) in [6.45, 7) is 0. The van der Waals surface area contributed by atoms with Crippen LogP contribution in [-0.4, -0.2) is 21.1 Å². The number of rotatable bonds is 5. The Kier molecular flexibility index (Phi) is 4.88. The first-order valence-electron chi connectivity index (χ1n) is 6.68. The van der Waals surface area contributed by atoms with Crippen molar-refractivity contribution < 1.29 is 0 Å². The molecule has 0 unspecified atom stereocenters. The quantitative estimate of drug-likeness (QED) is 0.523. The third kappa shape index (κ3) is 3.96. The fourth-order valence-corrected chi connectivity index (χ4v) is 2.74. The van der Waals surface area contributed by atoms with Crippen molar-refractivity contribution in [3.05, 3.63) is 77.1 Å². The summed E-state index contributed by atoms with van der Waals surface area (Å²) in [5, 5.41) is 13.9. The molecule has 0 aliphatic rings. The van der Waals surface area contributed by atoms with Gasteiger partial charge in [0.1, 0.15) is 6.33 Å². The number of aromatic nitrogens is 3. The third-order valence-electron chi connectivity index (χ3n) is 2.91. The number of thioether (sulfide) groups is 1. The fraction of sp³-hybridized carbons (Fsp3) is 0.0625. The van der Waals surface area contributed by atoms with E-state index in [1.807, 2.05) is 42.5 Å². The van der Waals surface area contributed by atoms with Gasteiger partial charge < -0.3 is 0 Å². The molecule has 0 N–H and O–H groups in total. The zero-order valence-corrected chi connectivity index (χ0v) is 13.2. The first-order chi connectivity index (χ1) is 10.8. The number of benzene rings is 2. The summed E-state index contributed by atoms with van der Waals surface area (Å²) in [4.78, 5) is 0. The van der Waals surface area contributed by atoms with Crippen LogP contribution < -0.4 is 0 Å². The van der Waals surface area contributed by atoms with E-state index < -0.39 is 0 Å². The normalized spacial score (nSPS) is 11.1. The predicted molar refractivity (Wildman–Crippen MR) is 90.5 cm³/mol. The Balaban J connectivity index is 1.68. The molecule has 2 aromatic carbocycles. The van der Waals surface area contributed by atoms with Crippen LogP contribution in [0.2, 0.25) is 5.02 Å². The minimum Gasteiger partial charge on any atom is -0.195 e. The van der Waals surface area contributed by atoms with E-state index in [0.717, 1.165) is 16.5 Å². The minimum absolute atomic E-state index is 0.709. The maximum atomic E-state index is 5.86. The fourth-order valence-electron chi connectivity index (χ4n) is 1.79. The SMILES string of the molecule is Clc1ccc(/C=N\n2cnnc2SCc2ccccc2)cc1. The van der Waals surface area contributed by atoms with Gasteiger partial charge >= 0.3 is 0 Å². The Morgan fingerprint density at radius 3 is 2.64 bits per heavy atom. The molecular formula is C16H13ClN4S.